The van der Waals surface area contributed by atoms with Crippen molar-refractivity contribution in [1.82, 2.24) is 0 Å². The third-order valence-corrected chi connectivity index (χ3v) is 3.73. The van der Waals surface area contributed by atoms with Crippen molar-refractivity contribution in [2.24, 2.45) is 0 Å². The molecule has 1 rings (SSSR count). The molecular formula is C7H17O2P. The molecule has 2 unspecified atom stereocenters. The van der Waals surface area contributed by atoms with Crippen LogP contribution in [0.1, 0.15) is 6.42 Å². The Balaban J connectivity index is 0.000000371. The second kappa shape index (κ2) is 6.09. The zero-order valence-corrected chi connectivity index (χ0v) is 7.90. The molecule has 1 fully saturated rings. The van der Waals surface area contributed by atoms with Gasteiger partial charge < -0.3 is 9.84 Å². The first-order valence-corrected chi connectivity index (χ1v) is 5.65. The highest BCUT2D eigenvalue weighted by atomic mass is 31.1. The third kappa shape index (κ3) is 3.50. The van der Waals surface area contributed by atoms with Crippen molar-refractivity contribution < 1.29 is 9.84 Å². The van der Waals surface area contributed by atoms with Gasteiger partial charge in [-0.15, -0.1) is 7.92 Å². The maximum atomic E-state index is 7.00. The lowest BCUT2D eigenvalue weighted by atomic mass is 10.3. The summed E-state index contributed by atoms with van der Waals surface area (Å²) in [5, 5.41) is 7.00. The van der Waals surface area contributed by atoms with Crippen LogP contribution in [0, 0.1) is 0 Å². The quantitative estimate of drug-likeness (QED) is 0.588. The minimum absolute atomic E-state index is 0.365. The van der Waals surface area contributed by atoms with Crippen LogP contribution >= 0.6 is 7.92 Å². The maximum Gasteiger partial charge on any atom is 0.0613 e. The van der Waals surface area contributed by atoms with Gasteiger partial charge in [0, 0.05) is 14.2 Å². The van der Waals surface area contributed by atoms with Crippen LogP contribution in [-0.4, -0.2) is 44.4 Å². The number of methoxy groups -OCH3 is 1. The van der Waals surface area contributed by atoms with Gasteiger partial charge in [0.15, 0.2) is 0 Å². The van der Waals surface area contributed by atoms with Gasteiger partial charge in [0.25, 0.3) is 0 Å². The summed E-state index contributed by atoms with van der Waals surface area (Å²) in [5.41, 5.74) is 0. The number of ether oxygens (including phenoxy) is 1. The van der Waals surface area contributed by atoms with Gasteiger partial charge >= 0.3 is 0 Å². The molecule has 1 N–H and O–H groups in total. The normalized spacial score (nSPS) is 31.2. The van der Waals surface area contributed by atoms with E-state index in [4.69, 9.17) is 9.84 Å². The number of rotatable bonds is 1. The summed E-state index contributed by atoms with van der Waals surface area (Å²) in [5.74, 6) is 0. The molecule has 62 valence electrons. The molecule has 0 aromatic carbocycles. The lowest BCUT2D eigenvalue weighted by Gasteiger charge is -2.04. The molecule has 0 aliphatic carbocycles. The van der Waals surface area contributed by atoms with E-state index in [2.05, 4.69) is 6.66 Å². The second-order valence-corrected chi connectivity index (χ2v) is 4.93. The first-order chi connectivity index (χ1) is 4.83. The molecule has 0 saturated carbocycles. The zero-order valence-electron chi connectivity index (χ0n) is 7.00. The Kier molecular flexibility index (Phi) is 6.30. The van der Waals surface area contributed by atoms with Crippen LogP contribution in [0.4, 0.5) is 0 Å². The summed E-state index contributed by atoms with van der Waals surface area (Å²) in [6.07, 6.45) is 4.67. The molecule has 0 spiro atoms. The van der Waals surface area contributed by atoms with E-state index in [9.17, 15) is 0 Å². The fourth-order valence-corrected chi connectivity index (χ4v) is 3.03. The predicted octanol–water partition coefficient (Wildman–Crippen LogP) is 1.13. The number of aliphatic hydroxyl groups is 1. The van der Waals surface area contributed by atoms with Crippen molar-refractivity contribution in [3.63, 3.8) is 0 Å². The lowest BCUT2D eigenvalue weighted by Crippen LogP contribution is -2.06. The second-order valence-electron chi connectivity index (χ2n) is 2.41. The van der Waals surface area contributed by atoms with Crippen molar-refractivity contribution in [3.8, 4) is 0 Å². The Labute approximate surface area is 64.3 Å². The monoisotopic (exact) mass is 164 g/mol. The first-order valence-electron chi connectivity index (χ1n) is 3.49. The van der Waals surface area contributed by atoms with Crippen molar-refractivity contribution in [2.75, 3.05) is 33.2 Å². The van der Waals surface area contributed by atoms with Crippen LogP contribution in [0.2, 0.25) is 0 Å². The Bertz CT molecular complexity index is 78.0. The van der Waals surface area contributed by atoms with Gasteiger partial charge in [0.1, 0.15) is 0 Å². The van der Waals surface area contributed by atoms with E-state index in [1.165, 1.54) is 18.7 Å². The van der Waals surface area contributed by atoms with Crippen LogP contribution in [0.3, 0.4) is 0 Å². The highest BCUT2D eigenvalue weighted by Gasteiger charge is 2.19. The summed E-state index contributed by atoms with van der Waals surface area (Å²) in [4.78, 5) is 0. The van der Waals surface area contributed by atoms with Crippen LogP contribution in [0.5, 0.6) is 0 Å². The van der Waals surface area contributed by atoms with E-state index in [0.29, 0.717) is 14.0 Å². The molecular weight excluding hydrogens is 147 g/mol. The van der Waals surface area contributed by atoms with Crippen LogP contribution < -0.4 is 0 Å². The Morgan fingerprint density at radius 2 is 2.10 bits per heavy atom. The molecule has 2 nitrogen and oxygen atoms in total. The number of hydrogen-bond donors (Lipinski definition) is 1. The first kappa shape index (κ1) is 10.3. The van der Waals surface area contributed by atoms with E-state index >= 15 is 0 Å². The number of aliphatic hydroxyl groups excluding tert-OH is 1. The molecule has 1 saturated heterocycles. The third-order valence-electron chi connectivity index (χ3n) is 1.68. The maximum absolute atomic E-state index is 7.00. The van der Waals surface area contributed by atoms with Crippen LogP contribution in [0.25, 0.3) is 0 Å². The van der Waals surface area contributed by atoms with Gasteiger partial charge in [0.2, 0.25) is 0 Å². The van der Waals surface area contributed by atoms with Gasteiger partial charge in [-0.3, -0.25) is 0 Å². The summed E-state index contributed by atoms with van der Waals surface area (Å²) >= 11 is 0. The lowest BCUT2D eigenvalue weighted by molar-refractivity contribution is 0.124. The molecule has 0 bridgehead atoms. The summed E-state index contributed by atoms with van der Waals surface area (Å²) in [6.45, 7) is 2.36. The average molecular weight is 164 g/mol. The molecule has 0 aromatic heterocycles. The summed E-state index contributed by atoms with van der Waals surface area (Å²) in [6, 6.07) is 0. The minimum atomic E-state index is 0.365. The molecule has 3 heteroatoms. The molecule has 1 heterocycles. The highest BCUT2D eigenvalue weighted by molar-refractivity contribution is 7.57. The van der Waals surface area contributed by atoms with E-state index in [1.54, 1.807) is 0 Å². The smallest absolute Gasteiger partial charge is 0.0613 e. The molecule has 0 aromatic rings. The van der Waals surface area contributed by atoms with Gasteiger partial charge in [-0.1, -0.05) is 0 Å². The molecule has 10 heavy (non-hydrogen) atoms. The summed E-state index contributed by atoms with van der Waals surface area (Å²) < 4.78 is 5.20. The largest absolute Gasteiger partial charge is 0.400 e. The topological polar surface area (TPSA) is 29.5 Å². The number of hydrogen-bond acceptors (Lipinski definition) is 2. The Hall–Kier alpha value is 0.350. The Morgan fingerprint density at radius 1 is 1.50 bits per heavy atom. The van der Waals surface area contributed by atoms with Crippen molar-refractivity contribution in [2.45, 2.75) is 12.5 Å². The molecule has 1 aliphatic rings. The van der Waals surface area contributed by atoms with Gasteiger partial charge in [0.05, 0.1) is 6.10 Å². The summed E-state index contributed by atoms with van der Waals surface area (Å²) in [7, 11) is 3.18. The molecule has 1 aliphatic heterocycles. The van der Waals surface area contributed by atoms with E-state index in [1.807, 2.05) is 7.11 Å². The average Bonchev–Trinajstić information content (AvgIpc) is 2.40. The standard InChI is InChI=1S/C6H13OP.CH4O/c1-7-6-3-4-8(2)5-6;1-2/h6H,3-5H2,1-2H3;2H,1H3. The molecule has 2 atom stereocenters. The Morgan fingerprint density at radius 3 is 2.30 bits per heavy atom. The van der Waals surface area contributed by atoms with Crippen LogP contribution in [0.15, 0.2) is 0 Å². The van der Waals surface area contributed by atoms with Gasteiger partial charge in [-0.05, 0) is 25.4 Å². The van der Waals surface area contributed by atoms with Crippen molar-refractivity contribution in [3.05, 3.63) is 0 Å². The molecule has 0 amide bonds. The minimum Gasteiger partial charge on any atom is -0.400 e. The van der Waals surface area contributed by atoms with Crippen molar-refractivity contribution in [1.29, 1.82) is 0 Å². The highest BCUT2D eigenvalue weighted by Crippen LogP contribution is 2.39. The molecule has 0 radical (unpaired) electrons. The van der Waals surface area contributed by atoms with Crippen LogP contribution in [-0.2, 0) is 4.74 Å². The van der Waals surface area contributed by atoms with Crippen molar-refractivity contribution >= 4 is 7.92 Å². The van der Waals surface area contributed by atoms with E-state index < -0.39 is 0 Å². The fraction of sp³-hybridized carbons (Fsp3) is 1.00. The van der Waals surface area contributed by atoms with Gasteiger partial charge in [-0.2, -0.15) is 0 Å². The SMILES string of the molecule is CO.COC1CCP(C)C1. The fourth-order valence-electron chi connectivity index (χ4n) is 1.09. The predicted molar refractivity (Wildman–Crippen MR) is 46.1 cm³/mol. The zero-order chi connectivity index (χ0) is 7.98. The van der Waals surface area contributed by atoms with Gasteiger partial charge in [-0.25, -0.2) is 0 Å². The van der Waals surface area contributed by atoms with E-state index in [-0.39, 0.29) is 0 Å². The van der Waals surface area contributed by atoms with E-state index in [0.717, 1.165) is 7.11 Å².